The molecule has 1 heterocycles. The third kappa shape index (κ3) is 3.96. The van der Waals surface area contributed by atoms with Gasteiger partial charge in [-0.1, -0.05) is 37.6 Å². The van der Waals surface area contributed by atoms with Crippen molar-refractivity contribution in [3.05, 3.63) is 48.6 Å². The Bertz CT molecular complexity index is 509. The van der Waals surface area contributed by atoms with Crippen molar-refractivity contribution >= 4 is 5.97 Å². The number of benzene rings is 1. The molecule has 0 radical (unpaired) electrons. The molecule has 22 heavy (non-hydrogen) atoms. The van der Waals surface area contributed by atoms with E-state index in [1.807, 2.05) is 39.0 Å². The van der Waals surface area contributed by atoms with Crippen molar-refractivity contribution < 1.29 is 19.0 Å². The van der Waals surface area contributed by atoms with Crippen LogP contribution in [0.2, 0.25) is 0 Å². The number of carbonyl (C=O) groups excluding carboxylic acids is 1. The predicted molar refractivity (Wildman–Crippen MR) is 84.6 cm³/mol. The van der Waals surface area contributed by atoms with Crippen LogP contribution in [0.5, 0.6) is 0 Å². The van der Waals surface area contributed by atoms with Gasteiger partial charge in [-0.15, -0.1) is 6.58 Å². The Kier molecular flexibility index (Phi) is 5.37. The highest BCUT2D eigenvalue weighted by Crippen LogP contribution is 2.33. The lowest BCUT2D eigenvalue weighted by Gasteiger charge is -2.25. The van der Waals surface area contributed by atoms with Crippen molar-refractivity contribution in [2.45, 2.75) is 57.7 Å². The summed E-state index contributed by atoms with van der Waals surface area (Å²) in [6, 6.07) is 8.98. The summed E-state index contributed by atoms with van der Waals surface area (Å²) in [5.74, 6) is -1.04. The summed E-state index contributed by atoms with van der Waals surface area (Å²) in [7, 11) is 0. The molecule has 1 saturated heterocycles. The fourth-order valence-corrected chi connectivity index (χ4v) is 2.64. The highest BCUT2D eigenvalue weighted by atomic mass is 16.8. The highest BCUT2D eigenvalue weighted by molar-refractivity contribution is 5.89. The van der Waals surface area contributed by atoms with E-state index in [0.717, 1.165) is 6.42 Å². The van der Waals surface area contributed by atoms with Gasteiger partial charge < -0.3 is 14.2 Å². The molecule has 0 aromatic heterocycles. The zero-order valence-corrected chi connectivity index (χ0v) is 13.5. The van der Waals surface area contributed by atoms with E-state index in [4.69, 9.17) is 14.2 Å². The summed E-state index contributed by atoms with van der Waals surface area (Å²) in [5.41, 5.74) is 0.539. The van der Waals surface area contributed by atoms with Crippen LogP contribution in [-0.4, -0.2) is 30.1 Å². The van der Waals surface area contributed by atoms with Crippen molar-refractivity contribution in [2.75, 3.05) is 0 Å². The van der Waals surface area contributed by atoms with Gasteiger partial charge in [0.2, 0.25) is 0 Å². The van der Waals surface area contributed by atoms with Crippen LogP contribution in [0.15, 0.2) is 43.0 Å². The first-order chi connectivity index (χ1) is 10.5. The quantitative estimate of drug-likeness (QED) is 0.593. The van der Waals surface area contributed by atoms with E-state index >= 15 is 0 Å². The fraction of sp³-hybridized carbons (Fsp3) is 0.500. The fourth-order valence-electron chi connectivity index (χ4n) is 2.64. The smallest absolute Gasteiger partial charge is 0.338 e. The molecule has 1 aromatic carbocycles. The summed E-state index contributed by atoms with van der Waals surface area (Å²) in [5, 5.41) is 0. The van der Waals surface area contributed by atoms with Crippen LogP contribution in [0.1, 0.15) is 44.0 Å². The van der Waals surface area contributed by atoms with Gasteiger partial charge in [0.15, 0.2) is 5.79 Å². The minimum atomic E-state index is -0.700. The molecule has 4 nitrogen and oxygen atoms in total. The van der Waals surface area contributed by atoms with Gasteiger partial charge >= 0.3 is 5.97 Å². The lowest BCUT2D eigenvalue weighted by Crippen LogP contribution is -2.38. The molecule has 0 saturated carbocycles. The lowest BCUT2D eigenvalue weighted by atomic mass is 10.0. The molecule has 1 fully saturated rings. The Hall–Kier alpha value is -1.65. The average molecular weight is 304 g/mol. The number of ether oxygens (including phenoxy) is 3. The standard InChI is InChI=1S/C18H24O4/c1-5-10-15(16-14(6-2)21-18(3,4)22-16)20-17(19)13-11-8-7-9-12-13/h6-9,11-12,14-16H,2,5,10H2,1,3-4H3/t14-,15+,16-/m0/s1. The van der Waals surface area contributed by atoms with Crippen LogP contribution in [0.4, 0.5) is 0 Å². The zero-order valence-electron chi connectivity index (χ0n) is 13.5. The van der Waals surface area contributed by atoms with Crippen molar-refractivity contribution in [1.82, 2.24) is 0 Å². The van der Waals surface area contributed by atoms with Gasteiger partial charge in [-0.05, 0) is 32.4 Å². The monoisotopic (exact) mass is 304 g/mol. The molecular weight excluding hydrogens is 280 g/mol. The first-order valence-electron chi connectivity index (χ1n) is 7.71. The van der Waals surface area contributed by atoms with Gasteiger partial charge in [0.1, 0.15) is 18.3 Å². The Morgan fingerprint density at radius 3 is 2.64 bits per heavy atom. The molecule has 0 N–H and O–H groups in total. The first kappa shape index (κ1) is 16.7. The van der Waals surface area contributed by atoms with Crippen molar-refractivity contribution in [3.63, 3.8) is 0 Å². The van der Waals surface area contributed by atoms with Crippen LogP contribution < -0.4 is 0 Å². The van der Waals surface area contributed by atoms with E-state index in [9.17, 15) is 4.79 Å². The largest absolute Gasteiger partial charge is 0.456 e. The highest BCUT2D eigenvalue weighted by Gasteiger charge is 2.45. The van der Waals surface area contributed by atoms with Crippen LogP contribution in [-0.2, 0) is 14.2 Å². The molecule has 0 bridgehead atoms. The van der Waals surface area contributed by atoms with Crippen LogP contribution in [0, 0.1) is 0 Å². The second-order valence-electron chi connectivity index (χ2n) is 5.90. The molecule has 1 aromatic rings. The molecule has 0 aliphatic carbocycles. The third-order valence-electron chi connectivity index (χ3n) is 3.60. The van der Waals surface area contributed by atoms with Crippen LogP contribution in [0.3, 0.4) is 0 Å². The molecule has 3 atom stereocenters. The maximum Gasteiger partial charge on any atom is 0.338 e. The molecule has 0 amide bonds. The molecule has 4 heteroatoms. The molecule has 0 unspecified atom stereocenters. The SMILES string of the molecule is C=C[C@@H]1OC(C)(C)O[C@@H]1[C@@H](CCC)OC(=O)c1ccccc1. The summed E-state index contributed by atoms with van der Waals surface area (Å²) in [6.45, 7) is 9.55. The molecule has 0 spiro atoms. The maximum atomic E-state index is 12.3. The average Bonchev–Trinajstić information content (AvgIpc) is 2.82. The molecule has 120 valence electrons. The minimum Gasteiger partial charge on any atom is -0.456 e. The second-order valence-corrected chi connectivity index (χ2v) is 5.90. The summed E-state index contributed by atoms with van der Waals surface area (Å²) in [6.07, 6.45) is 2.33. The topological polar surface area (TPSA) is 44.8 Å². The number of rotatable bonds is 6. The van der Waals surface area contributed by atoms with Gasteiger partial charge in [0.05, 0.1) is 5.56 Å². The van der Waals surface area contributed by atoms with Gasteiger partial charge in [0, 0.05) is 0 Å². The molecular formula is C18H24O4. The van der Waals surface area contributed by atoms with Crippen molar-refractivity contribution in [2.24, 2.45) is 0 Å². The van der Waals surface area contributed by atoms with E-state index in [1.165, 1.54) is 0 Å². The first-order valence-corrected chi connectivity index (χ1v) is 7.71. The second kappa shape index (κ2) is 7.07. The van der Waals surface area contributed by atoms with E-state index in [-0.39, 0.29) is 24.3 Å². The van der Waals surface area contributed by atoms with E-state index < -0.39 is 5.79 Å². The molecule has 1 aliphatic rings. The normalized spacial score (nSPS) is 24.7. The van der Waals surface area contributed by atoms with Gasteiger partial charge in [-0.3, -0.25) is 0 Å². The predicted octanol–water partition coefficient (Wildman–Crippen LogP) is 3.72. The number of esters is 1. The third-order valence-corrected chi connectivity index (χ3v) is 3.60. The Labute approximate surface area is 132 Å². The summed E-state index contributed by atoms with van der Waals surface area (Å²) < 4.78 is 17.4. The van der Waals surface area contributed by atoms with E-state index in [2.05, 4.69) is 6.58 Å². The van der Waals surface area contributed by atoms with E-state index in [0.29, 0.717) is 12.0 Å². The number of hydrogen-bond acceptors (Lipinski definition) is 4. The molecule has 1 aliphatic heterocycles. The number of carbonyl (C=O) groups is 1. The summed E-state index contributed by atoms with van der Waals surface area (Å²) in [4.78, 5) is 12.3. The van der Waals surface area contributed by atoms with Crippen molar-refractivity contribution in [1.29, 1.82) is 0 Å². The number of hydrogen-bond donors (Lipinski definition) is 0. The van der Waals surface area contributed by atoms with Gasteiger partial charge in [-0.25, -0.2) is 4.79 Å². The van der Waals surface area contributed by atoms with Gasteiger partial charge in [0.25, 0.3) is 0 Å². The van der Waals surface area contributed by atoms with Crippen LogP contribution in [0.25, 0.3) is 0 Å². The molecule has 2 rings (SSSR count). The Morgan fingerprint density at radius 2 is 2.05 bits per heavy atom. The summed E-state index contributed by atoms with van der Waals surface area (Å²) >= 11 is 0. The van der Waals surface area contributed by atoms with Gasteiger partial charge in [-0.2, -0.15) is 0 Å². The maximum absolute atomic E-state index is 12.3. The van der Waals surface area contributed by atoms with Crippen molar-refractivity contribution in [3.8, 4) is 0 Å². The minimum absolute atomic E-state index is 0.282. The lowest BCUT2D eigenvalue weighted by molar-refractivity contribution is -0.154. The zero-order chi connectivity index (χ0) is 16.2. The Morgan fingerprint density at radius 1 is 1.36 bits per heavy atom. The Balaban J connectivity index is 2.12. The van der Waals surface area contributed by atoms with Crippen LogP contribution >= 0.6 is 0 Å². The van der Waals surface area contributed by atoms with E-state index in [1.54, 1.807) is 18.2 Å².